The van der Waals surface area contributed by atoms with Crippen LogP contribution in [0.25, 0.3) is 0 Å². The number of methoxy groups -OCH3 is 1. The van der Waals surface area contributed by atoms with Gasteiger partial charge in [0.15, 0.2) is 5.60 Å². The molecule has 4 fully saturated rings. The zero-order valence-electron chi connectivity index (χ0n) is 19.3. The molecule has 6 heteroatoms. The van der Waals surface area contributed by atoms with Gasteiger partial charge in [0.05, 0.1) is 12.2 Å². The Hall–Kier alpha value is -1.13. The molecule has 4 aliphatic rings. The third-order valence-corrected chi connectivity index (χ3v) is 9.77. The van der Waals surface area contributed by atoms with Gasteiger partial charge in [-0.1, -0.05) is 19.8 Å². The van der Waals surface area contributed by atoms with Crippen molar-refractivity contribution in [2.24, 2.45) is 34.5 Å². The van der Waals surface area contributed by atoms with Crippen molar-refractivity contribution in [3.05, 3.63) is 0 Å². The van der Waals surface area contributed by atoms with Crippen LogP contribution in [0.15, 0.2) is 0 Å². The highest BCUT2D eigenvalue weighted by atomic mass is 16.7. The fourth-order valence-corrected chi connectivity index (χ4v) is 8.25. The number of rotatable bonds is 4. The van der Waals surface area contributed by atoms with E-state index in [2.05, 4.69) is 19.8 Å². The quantitative estimate of drug-likeness (QED) is 0.402. The first-order valence-electron chi connectivity index (χ1n) is 11.8. The fourth-order valence-electron chi connectivity index (χ4n) is 8.25. The molecule has 0 heterocycles. The number of hydrogen-bond acceptors (Lipinski definition) is 6. The SMILES string of the molecule is C#C[C@]1(OCOC)[C@@H](O)CC2C3C(O)C[C@@H]4C[C@@H](OC(C)=O)CC[C@]4(C)C3CC[C@@]21C. The van der Waals surface area contributed by atoms with Gasteiger partial charge in [-0.15, -0.1) is 6.42 Å². The molecule has 0 aromatic rings. The molecule has 0 aromatic carbocycles. The number of carbonyl (C=O) groups excluding carboxylic acids is 1. The van der Waals surface area contributed by atoms with Gasteiger partial charge < -0.3 is 24.4 Å². The van der Waals surface area contributed by atoms with E-state index in [0.717, 1.165) is 32.1 Å². The highest BCUT2D eigenvalue weighted by Gasteiger charge is 2.70. The first-order valence-corrected chi connectivity index (χ1v) is 11.8. The average Bonchev–Trinajstić information content (AvgIpc) is 2.94. The van der Waals surface area contributed by atoms with Crippen LogP contribution in [0.4, 0.5) is 0 Å². The summed E-state index contributed by atoms with van der Waals surface area (Å²) >= 11 is 0. The second-order valence-electron chi connectivity index (χ2n) is 10.9. The number of terminal acetylenes is 1. The summed E-state index contributed by atoms with van der Waals surface area (Å²) in [7, 11) is 1.56. The molecule has 4 saturated carbocycles. The molecule has 174 valence electrons. The Morgan fingerprint density at radius 1 is 1.13 bits per heavy atom. The van der Waals surface area contributed by atoms with Crippen molar-refractivity contribution in [2.45, 2.75) is 89.6 Å². The molecule has 31 heavy (non-hydrogen) atoms. The first kappa shape index (κ1) is 23.0. The van der Waals surface area contributed by atoms with Crippen LogP contribution < -0.4 is 0 Å². The number of fused-ring (bicyclic) bond motifs is 5. The van der Waals surface area contributed by atoms with E-state index in [1.54, 1.807) is 7.11 Å². The molecule has 10 atom stereocenters. The van der Waals surface area contributed by atoms with Crippen molar-refractivity contribution >= 4 is 5.97 Å². The standard InChI is InChI=1S/C25H38O6/c1-6-25(30-14-29-5)21(28)13-19-22-18(8-10-24(19,25)4)23(3)9-7-17(31-15(2)26)11-16(23)12-20(22)27/h1,16-22,27-28H,7-14H2,2-5H3/t16-,17-,18?,19?,20?,21-,22?,23-,24-,25-/m0/s1. The lowest BCUT2D eigenvalue weighted by molar-refractivity contribution is -0.215. The highest BCUT2D eigenvalue weighted by Crippen LogP contribution is 2.68. The minimum Gasteiger partial charge on any atom is -0.463 e. The van der Waals surface area contributed by atoms with Gasteiger partial charge in [0.1, 0.15) is 12.9 Å². The third-order valence-electron chi connectivity index (χ3n) is 9.77. The molecule has 0 amide bonds. The molecule has 4 aliphatic carbocycles. The van der Waals surface area contributed by atoms with Crippen molar-refractivity contribution in [3.8, 4) is 12.3 Å². The summed E-state index contributed by atoms with van der Waals surface area (Å²) in [6.45, 7) is 6.02. The molecule has 0 bridgehead atoms. The Morgan fingerprint density at radius 3 is 2.52 bits per heavy atom. The zero-order chi connectivity index (χ0) is 22.6. The maximum absolute atomic E-state index is 11.5. The number of aliphatic hydroxyl groups is 2. The lowest BCUT2D eigenvalue weighted by Crippen LogP contribution is -2.61. The number of hydrogen-bond donors (Lipinski definition) is 2. The maximum atomic E-state index is 11.5. The fraction of sp³-hybridized carbons (Fsp3) is 0.880. The van der Waals surface area contributed by atoms with Crippen molar-refractivity contribution in [2.75, 3.05) is 13.9 Å². The van der Waals surface area contributed by atoms with Gasteiger partial charge in [-0.05, 0) is 74.0 Å². The molecular weight excluding hydrogens is 396 g/mol. The van der Waals surface area contributed by atoms with Gasteiger partial charge in [-0.2, -0.15) is 0 Å². The number of carbonyl (C=O) groups is 1. The zero-order valence-corrected chi connectivity index (χ0v) is 19.3. The van der Waals surface area contributed by atoms with Crippen LogP contribution in [0.1, 0.15) is 65.7 Å². The number of aliphatic hydroxyl groups excluding tert-OH is 2. The highest BCUT2D eigenvalue weighted by molar-refractivity contribution is 5.66. The van der Waals surface area contributed by atoms with E-state index in [1.165, 1.54) is 6.92 Å². The van der Waals surface area contributed by atoms with Gasteiger partial charge in [0.25, 0.3) is 0 Å². The molecular formula is C25H38O6. The molecule has 0 aromatic heterocycles. The summed E-state index contributed by atoms with van der Waals surface area (Å²) in [5, 5.41) is 22.5. The van der Waals surface area contributed by atoms with Gasteiger partial charge in [-0.25, -0.2) is 0 Å². The Kier molecular flexibility index (Phi) is 5.96. The van der Waals surface area contributed by atoms with E-state index in [1.807, 2.05) is 0 Å². The Labute approximate surface area is 186 Å². The Balaban J connectivity index is 1.63. The van der Waals surface area contributed by atoms with Crippen molar-refractivity contribution < 1.29 is 29.2 Å². The van der Waals surface area contributed by atoms with Crippen LogP contribution >= 0.6 is 0 Å². The van der Waals surface area contributed by atoms with Crippen molar-refractivity contribution in [1.29, 1.82) is 0 Å². The minimum atomic E-state index is -1.09. The van der Waals surface area contributed by atoms with Crippen molar-refractivity contribution in [1.82, 2.24) is 0 Å². The molecule has 0 radical (unpaired) electrons. The van der Waals surface area contributed by atoms with E-state index in [9.17, 15) is 15.0 Å². The first-order chi connectivity index (χ1) is 14.6. The third kappa shape index (κ3) is 3.27. The largest absolute Gasteiger partial charge is 0.463 e. The average molecular weight is 435 g/mol. The van der Waals surface area contributed by atoms with Gasteiger partial charge in [0.2, 0.25) is 0 Å². The second kappa shape index (κ2) is 8.02. The molecule has 0 aliphatic heterocycles. The second-order valence-corrected chi connectivity index (χ2v) is 10.9. The smallest absolute Gasteiger partial charge is 0.302 e. The van der Waals surface area contributed by atoms with Gasteiger partial charge in [-0.3, -0.25) is 4.79 Å². The maximum Gasteiger partial charge on any atom is 0.302 e. The summed E-state index contributed by atoms with van der Waals surface area (Å²) in [5.41, 5.74) is -1.41. The summed E-state index contributed by atoms with van der Waals surface area (Å²) in [6, 6.07) is 0. The number of esters is 1. The van der Waals surface area contributed by atoms with Crippen LogP contribution in [0.2, 0.25) is 0 Å². The molecule has 0 spiro atoms. The summed E-state index contributed by atoms with van der Waals surface area (Å²) in [6.07, 6.45) is 10.5. The summed E-state index contributed by atoms with van der Waals surface area (Å²) in [5.74, 6) is 3.47. The lowest BCUT2D eigenvalue weighted by Gasteiger charge is -2.62. The molecule has 4 unspecified atom stereocenters. The van der Waals surface area contributed by atoms with Gasteiger partial charge >= 0.3 is 5.97 Å². The number of ether oxygens (including phenoxy) is 3. The minimum absolute atomic E-state index is 0.0392. The van der Waals surface area contributed by atoms with Crippen LogP contribution in [0.5, 0.6) is 0 Å². The molecule has 4 rings (SSSR count). The predicted octanol–water partition coefficient (Wildman–Crippen LogP) is 2.89. The van der Waals surface area contributed by atoms with E-state index in [4.69, 9.17) is 20.6 Å². The van der Waals surface area contributed by atoms with Crippen LogP contribution in [-0.2, 0) is 19.0 Å². The Bertz CT molecular complexity index is 747. The molecule has 6 nitrogen and oxygen atoms in total. The van der Waals surface area contributed by atoms with Crippen molar-refractivity contribution in [3.63, 3.8) is 0 Å². The van der Waals surface area contributed by atoms with Crippen LogP contribution in [0.3, 0.4) is 0 Å². The van der Waals surface area contributed by atoms with E-state index in [-0.39, 0.29) is 36.1 Å². The molecule has 0 saturated heterocycles. The lowest BCUT2D eigenvalue weighted by atomic mass is 9.43. The van der Waals surface area contributed by atoms with Crippen LogP contribution in [0, 0.1) is 46.8 Å². The van der Waals surface area contributed by atoms with E-state index in [0.29, 0.717) is 24.7 Å². The topological polar surface area (TPSA) is 85.2 Å². The summed E-state index contributed by atoms with van der Waals surface area (Å²) < 4.78 is 16.7. The predicted molar refractivity (Wildman–Crippen MR) is 115 cm³/mol. The normalized spacial score (nSPS) is 51.2. The monoisotopic (exact) mass is 434 g/mol. The van der Waals surface area contributed by atoms with E-state index >= 15 is 0 Å². The molecule has 2 N–H and O–H groups in total. The Morgan fingerprint density at radius 2 is 1.87 bits per heavy atom. The summed E-state index contributed by atoms with van der Waals surface area (Å²) in [4.78, 5) is 11.5. The van der Waals surface area contributed by atoms with Gasteiger partial charge in [0, 0.05) is 19.4 Å². The van der Waals surface area contributed by atoms with E-state index < -0.39 is 23.2 Å². The van der Waals surface area contributed by atoms with Crippen LogP contribution in [-0.4, -0.2) is 54.0 Å².